The second-order valence-corrected chi connectivity index (χ2v) is 5.69. The number of benzene rings is 1. The third-order valence-corrected chi connectivity index (χ3v) is 4.09. The van der Waals surface area contributed by atoms with Crippen LogP contribution in [0.25, 0.3) is 0 Å². The lowest BCUT2D eigenvalue weighted by Crippen LogP contribution is -2.36. The summed E-state index contributed by atoms with van der Waals surface area (Å²) in [5.41, 5.74) is 2.52. The number of nitrogens with one attached hydrogen (secondary N) is 1. The lowest BCUT2D eigenvalue weighted by Gasteiger charge is -2.28. The van der Waals surface area contributed by atoms with Crippen molar-refractivity contribution in [2.24, 2.45) is 0 Å². The Hall–Kier alpha value is -2.56. The molecule has 1 N–H and O–H groups in total. The van der Waals surface area contributed by atoms with E-state index in [2.05, 4.69) is 17.4 Å². The molecule has 0 atom stereocenters. The molecule has 0 radical (unpaired) electrons. The molecule has 1 aromatic heterocycles. The highest BCUT2D eigenvalue weighted by atomic mass is 16.3. The summed E-state index contributed by atoms with van der Waals surface area (Å²) in [6.45, 7) is 1.73. The number of carbonyl (C=O) groups is 2. The number of furan rings is 1. The molecule has 1 aliphatic heterocycles. The first-order valence-corrected chi connectivity index (χ1v) is 7.86. The SMILES string of the molecule is O=C(CCC(=O)N1CCc2ccccc2C1)NCc1ccco1. The summed E-state index contributed by atoms with van der Waals surface area (Å²) in [5.74, 6) is 0.608. The minimum atomic E-state index is -0.132. The van der Waals surface area contributed by atoms with Crippen LogP contribution in [0.5, 0.6) is 0 Å². The second kappa shape index (κ2) is 7.13. The van der Waals surface area contributed by atoms with Crippen molar-refractivity contribution < 1.29 is 14.0 Å². The molecular weight excluding hydrogens is 292 g/mol. The molecule has 1 aromatic carbocycles. The van der Waals surface area contributed by atoms with Crippen LogP contribution in [0, 0.1) is 0 Å². The van der Waals surface area contributed by atoms with E-state index in [0.717, 1.165) is 13.0 Å². The van der Waals surface area contributed by atoms with Gasteiger partial charge in [0.25, 0.3) is 0 Å². The van der Waals surface area contributed by atoms with Crippen LogP contribution in [-0.4, -0.2) is 23.3 Å². The maximum absolute atomic E-state index is 12.3. The topological polar surface area (TPSA) is 62.6 Å². The van der Waals surface area contributed by atoms with Crippen LogP contribution in [0.3, 0.4) is 0 Å². The van der Waals surface area contributed by atoms with E-state index in [0.29, 0.717) is 18.8 Å². The zero-order valence-corrected chi connectivity index (χ0v) is 13.0. The molecule has 0 aliphatic carbocycles. The Morgan fingerprint density at radius 1 is 1.09 bits per heavy atom. The van der Waals surface area contributed by atoms with Crippen molar-refractivity contribution in [3.8, 4) is 0 Å². The van der Waals surface area contributed by atoms with Gasteiger partial charge in [0.05, 0.1) is 12.8 Å². The van der Waals surface area contributed by atoms with Gasteiger partial charge in [-0.05, 0) is 29.7 Å². The molecule has 0 unspecified atom stereocenters. The van der Waals surface area contributed by atoms with E-state index in [1.54, 1.807) is 18.4 Å². The van der Waals surface area contributed by atoms with Gasteiger partial charge in [0.15, 0.2) is 0 Å². The van der Waals surface area contributed by atoms with Crippen LogP contribution in [0.15, 0.2) is 47.1 Å². The highest BCUT2D eigenvalue weighted by molar-refractivity contribution is 5.83. The summed E-state index contributed by atoms with van der Waals surface area (Å²) >= 11 is 0. The normalized spacial score (nSPS) is 13.5. The Morgan fingerprint density at radius 3 is 2.70 bits per heavy atom. The van der Waals surface area contributed by atoms with Crippen molar-refractivity contribution in [3.63, 3.8) is 0 Å². The average molecular weight is 312 g/mol. The Kier molecular flexibility index (Phi) is 4.76. The van der Waals surface area contributed by atoms with Crippen LogP contribution >= 0.6 is 0 Å². The molecular formula is C18H20N2O3. The number of hydrogen-bond acceptors (Lipinski definition) is 3. The highest BCUT2D eigenvalue weighted by Gasteiger charge is 2.20. The van der Waals surface area contributed by atoms with Gasteiger partial charge < -0.3 is 14.6 Å². The van der Waals surface area contributed by atoms with Crippen LogP contribution < -0.4 is 5.32 Å². The third kappa shape index (κ3) is 4.00. The largest absolute Gasteiger partial charge is 0.467 e. The van der Waals surface area contributed by atoms with Crippen molar-refractivity contribution >= 4 is 11.8 Å². The molecule has 120 valence electrons. The highest BCUT2D eigenvalue weighted by Crippen LogP contribution is 2.19. The van der Waals surface area contributed by atoms with Crippen molar-refractivity contribution in [2.75, 3.05) is 6.54 Å². The van der Waals surface area contributed by atoms with Gasteiger partial charge in [0, 0.05) is 25.9 Å². The van der Waals surface area contributed by atoms with E-state index in [4.69, 9.17) is 4.42 Å². The number of nitrogens with zero attached hydrogens (tertiary/aromatic N) is 1. The number of hydrogen-bond donors (Lipinski definition) is 1. The van der Waals surface area contributed by atoms with Gasteiger partial charge in [-0.1, -0.05) is 24.3 Å². The molecule has 0 saturated heterocycles. The molecule has 2 aromatic rings. The predicted molar refractivity (Wildman–Crippen MR) is 85.4 cm³/mol. The number of amides is 2. The molecule has 3 rings (SSSR count). The van der Waals surface area contributed by atoms with Crippen molar-refractivity contribution in [2.45, 2.75) is 32.4 Å². The Bertz CT molecular complexity index is 679. The van der Waals surface area contributed by atoms with Gasteiger partial charge in [0.2, 0.25) is 11.8 Å². The number of rotatable bonds is 5. The van der Waals surface area contributed by atoms with Gasteiger partial charge >= 0.3 is 0 Å². The van der Waals surface area contributed by atoms with Gasteiger partial charge in [-0.15, -0.1) is 0 Å². The van der Waals surface area contributed by atoms with Crippen LogP contribution in [0.4, 0.5) is 0 Å². The van der Waals surface area contributed by atoms with Gasteiger partial charge in [-0.25, -0.2) is 0 Å². The molecule has 1 aliphatic rings. The standard InChI is InChI=1S/C18H20N2O3/c21-17(19-12-16-6-3-11-23-16)7-8-18(22)20-10-9-14-4-1-2-5-15(14)13-20/h1-6,11H,7-10,12-13H2,(H,19,21). The fourth-order valence-corrected chi connectivity index (χ4v) is 2.77. The minimum Gasteiger partial charge on any atom is -0.467 e. The van der Waals surface area contributed by atoms with Gasteiger partial charge in [0.1, 0.15) is 5.76 Å². The monoisotopic (exact) mass is 312 g/mol. The van der Waals surface area contributed by atoms with Crippen LogP contribution in [-0.2, 0) is 29.1 Å². The molecule has 23 heavy (non-hydrogen) atoms. The summed E-state index contributed by atoms with van der Waals surface area (Å²) < 4.78 is 5.15. The van der Waals surface area contributed by atoms with Gasteiger partial charge in [-0.2, -0.15) is 0 Å². The minimum absolute atomic E-state index is 0.0349. The van der Waals surface area contributed by atoms with E-state index < -0.39 is 0 Å². The van der Waals surface area contributed by atoms with E-state index in [-0.39, 0.29) is 24.7 Å². The maximum atomic E-state index is 12.3. The average Bonchev–Trinajstić information content (AvgIpc) is 3.11. The molecule has 2 amide bonds. The summed E-state index contributed by atoms with van der Waals surface area (Å²) in [6, 6.07) is 11.8. The zero-order valence-electron chi connectivity index (χ0n) is 13.0. The smallest absolute Gasteiger partial charge is 0.223 e. The third-order valence-electron chi connectivity index (χ3n) is 4.09. The van der Waals surface area contributed by atoms with E-state index >= 15 is 0 Å². The molecule has 0 bridgehead atoms. The first-order valence-electron chi connectivity index (χ1n) is 7.86. The molecule has 2 heterocycles. The van der Waals surface area contributed by atoms with E-state index in [1.807, 2.05) is 17.0 Å². The summed E-state index contributed by atoms with van der Waals surface area (Å²) in [7, 11) is 0. The van der Waals surface area contributed by atoms with E-state index in [9.17, 15) is 9.59 Å². The Morgan fingerprint density at radius 2 is 1.91 bits per heavy atom. The van der Waals surface area contributed by atoms with Gasteiger partial charge in [-0.3, -0.25) is 9.59 Å². The zero-order chi connectivity index (χ0) is 16.1. The quantitative estimate of drug-likeness (QED) is 0.921. The molecule has 0 fully saturated rings. The second-order valence-electron chi connectivity index (χ2n) is 5.69. The summed E-state index contributed by atoms with van der Waals surface area (Å²) in [4.78, 5) is 25.9. The molecule has 0 spiro atoms. The Balaban J connectivity index is 1.44. The maximum Gasteiger partial charge on any atom is 0.223 e. The van der Waals surface area contributed by atoms with Crippen LogP contribution in [0.1, 0.15) is 29.7 Å². The molecule has 5 nitrogen and oxygen atoms in total. The van der Waals surface area contributed by atoms with Crippen molar-refractivity contribution in [1.29, 1.82) is 0 Å². The fourth-order valence-electron chi connectivity index (χ4n) is 2.77. The van der Waals surface area contributed by atoms with Crippen molar-refractivity contribution in [1.82, 2.24) is 10.2 Å². The molecule has 5 heteroatoms. The first-order chi connectivity index (χ1) is 11.2. The number of carbonyl (C=O) groups excluding carboxylic acids is 2. The lowest BCUT2D eigenvalue weighted by molar-refractivity contribution is -0.134. The predicted octanol–water partition coefficient (Wildman–Crippen LogP) is 2.26. The van der Waals surface area contributed by atoms with E-state index in [1.165, 1.54) is 11.1 Å². The van der Waals surface area contributed by atoms with Crippen molar-refractivity contribution in [3.05, 3.63) is 59.5 Å². The Labute approximate surface area is 135 Å². The number of fused-ring (bicyclic) bond motifs is 1. The summed E-state index contributed by atoms with van der Waals surface area (Å²) in [6.07, 6.45) is 2.90. The fraction of sp³-hybridized carbons (Fsp3) is 0.333. The lowest BCUT2D eigenvalue weighted by atomic mass is 9.99. The molecule has 0 saturated carbocycles. The first kappa shape index (κ1) is 15.3. The van der Waals surface area contributed by atoms with Crippen LogP contribution in [0.2, 0.25) is 0 Å². The summed E-state index contributed by atoms with van der Waals surface area (Å²) in [5, 5.41) is 2.76.